The van der Waals surface area contributed by atoms with E-state index in [1.54, 1.807) is 0 Å². The van der Waals surface area contributed by atoms with Gasteiger partial charge in [0.05, 0.1) is 11.4 Å². The summed E-state index contributed by atoms with van der Waals surface area (Å²) in [5.41, 5.74) is 1.28. The van der Waals surface area contributed by atoms with Gasteiger partial charge in [0.2, 0.25) is 0 Å². The second kappa shape index (κ2) is 6.68. The summed E-state index contributed by atoms with van der Waals surface area (Å²) in [4.78, 5) is 2.27. The molecule has 0 rings (SSSR count). The highest BCUT2D eigenvalue weighted by atomic mass is 31.0. The van der Waals surface area contributed by atoms with E-state index in [1.807, 2.05) is 0 Å². The lowest BCUT2D eigenvalue weighted by Gasteiger charge is -2.37. The zero-order valence-electron chi connectivity index (χ0n) is 12.4. The molecular weight excluding hydrogens is 228 g/mol. The molecule has 0 aliphatic heterocycles. The summed E-state index contributed by atoms with van der Waals surface area (Å²) in [7, 11) is 10.3. The van der Waals surface area contributed by atoms with Crippen molar-refractivity contribution in [3.05, 3.63) is 11.5 Å². The van der Waals surface area contributed by atoms with Crippen molar-refractivity contribution in [1.29, 1.82) is 0 Å². The van der Waals surface area contributed by atoms with Gasteiger partial charge in [-0.1, -0.05) is 27.7 Å². The molecule has 0 heterocycles. The second-order valence-electron chi connectivity index (χ2n) is 5.66. The van der Waals surface area contributed by atoms with Gasteiger partial charge in [0.25, 0.3) is 0 Å². The van der Waals surface area contributed by atoms with Crippen LogP contribution in [0.4, 0.5) is 0 Å². The maximum Gasteiger partial charge on any atom is 0.132 e. The van der Waals surface area contributed by atoms with E-state index in [9.17, 15) is 0 Å². The summed E-state index contributed by atoms with van der Waals surface area (Å²) in [6, 6.07) is 0.440. The lowest BCUT2D eigenvalue weighted by molar-refractivity contribution is 0.181. The van der Waals surface area contributed by atoms with E-state index in [-0.39, 0.29) is 11.2 Å². The van der Waals surface area contributed by atoms with Crippen molar-refractivity contribution >= 4 is 17.1 Å². The van der Waals surface area contributed by atoms with Crippen LogP contribution in [0.2, 0.25) is 0 Å². The van der Waals surface area contributed by atoms with Crippen LogP contribution in [0.3, 0.4) is 0 Å². The molecule has 0 N–H and O–H groups in total. The van der Waals surface area contributed by atoms with Gasteiger partial charge in [-0.15, -0.1) is 9.24 Å². The maximum atomic E-state index is 5.74. The summed E-state index contributed by atoms with van der Waals surface area (Å²) in [5, 5.41) is 0. The summed E-state index contributed by atoms with van der Waals surface area (Å²) < 4.78 is 5.74. The number of hydrogen-bond donors (Lipinski definition) is 0. The van der Waals surface area contributed by atoms with Gasteiger partial charge in [-0.25, -0.2) is 0 Å². The molecule has 4 heteroatoms. The van der Waals surface area contributed by atoms with Crippen LogP contribution < -0.4 is 0 Å². The second-order valence-corrected chi connectivity index (χ2v) is 6.32. The zero-order chi connectivity index (χ0) is 13.8. The topological polar surface area (TPSA) is 12.5 Å². The quantitative estimate of drug-likeness (QED) is 0.424. The third kappa shape index (κ3) is 5.34. The molecule has 0 saturated heterocycles. The van der Waals surface area contributed by atoms with E-state index >= 15 is 0 Å². The van der Waals surface area contributed by atoms with E-state index < -0.39 is 0 Å². The Morgan fingerprint density at radius 2 is 1.82 bits per heavy atom. The fourth-order valence-corrected chi connectivity index (χ4v) is 2.04. The highest BCUT2D eigenvalue weighted by Crippen LogP contribution is 2.33. The molecule has 0 fully saturated rings. The first-order valence-corrected chi connectivity index (χ1v) is 6.92. The zero-order valence-corrected chi connectivity index (χ0v) is 13.5. The number of allylic oxidation sites excluding steroid dienone is 2. The third-order valence-electron chi connectivity index (χ3n) is 2.70. The van der Waals surface area contributed by atoms with Crippen LogP contribution >= 0.6 is 9.24 Å². The average molecular weight is 255 g/mol. The molecule has 0 bridgehead atoms. The Morgan fingerprint density at radius 3 is 2.06 bits per heavy atom. The molecule has 0 aromatic rings. The Hall–Kier alpha value is -0.165. The van der Waals surface area contributed by atoms with Crippen molar-refractivity contribution in [2.24, 2.45) is 5.41 Å². The van der Waals surface area contributed by atoms with Crippen LogP contribution in [0.5, 0.6) is 0 Å². The van der Waals surface area contributed by atoms with Gasteiger partial charge in [0.1, 0.15) is 13.6 Å². The standard InChI is InChI=1S/C13H27BNOP/c1-8-10(16-12(14)17)11(13(4,5)6)15(7)9(2)3/h9,12H,8,17H2,1-7H3/b11-10+. The smallest absolute Gasteiger partial charge is 0.132 e. The molecule has 0 amide bonds. The van der Waals surface area contributed by atoms with Gasteiger partial charge in [0, 0.05) is 24.9 Å². The van der Waals surface area contributed by atoms with Gasteiger partial charge in [-0.2, -0.15) is 0 Å². The molecule has 0 aliphatic rings. The summed E-state index contributed by atoms with van der Waals surface area (Å²) in [6.45, 7) is 13.1. The van der Waals surface area contributed by atoms with E-state index in [0.717, 1.165) is 12.2 Å². The predicted octanol–water partition coefficient (Wildman–Crippen LogP) is 3.34. The number of hydrogen-bond acceptors (Lipinski definition) is 2. The van der Waals surface area contributed by atoms with Crippen LogP contribution in [0.15, 0.2) is 11.5 Å². The molecule has 2 radical (unpaired) electrons. The lowest BCUT2D eigenvalue weighted by atomic mass is 9.89. The Bertz CT molecular complexity index is 269. The van der Waals surface area contributed by atoms with Crippen molar-refractivity contribution in [3.63, 3.8) is 0 Å². The number of nitrogens with zero attached hydrogens (tertiary/aromatic N) is 1. The Balaban J connectivity index is 5.46. The number of rotatable bonds is 5. The maximum absolute atomic E-state index is 5.74. The lowest BCUT2D eigenvalue weighted by Crippen LogP contribution is -2.34. The normalized spacial score (nSPS) is 15.6. The fourth-order valence-electron chi connectivity index (χ4n) is 1.87. The molecule has 0 aliphatic carbocycles. The summed E-state index contributed by atoms with van der Waals surface area (Å²) in [6.07, 6.45) is 0.853. The van der Waals surface area contributed by atoms with E-state index in [1.165, 1.54) is 5.70 Å². The minimum Gasteiger partial charge on any atom is -0.499 e. The van der Waals surface area contributed by atoms with Gasteiger partial charge < -0.3 is 9.64 Å². The van der Waals surface area contributed by atoms with E-state index in [4.69, 9.17) is 12.6 Å². The van der Waals surface area contributed by atoms with Crippen LogP contribution in [-0.4, -0.2) is 31.6 Å². The van der Waals surface area contributed by atoms with Gasteiger partial charge in [-0.3, -0.25) is 0 Å². The SMILES string of the molecule is [B]C(P)O/C(CC)=C(/N(C)C(C)C)C(C)(C)C. The Morgan fingerprint density at radius 1 is 1.35 bits per heavy atom. The third-order valence-corrected chi connectivity index (χ3v) is 2.84. The highest BCUT2D eigenvalue weighted by molar-refractivity contribution is 7.20. The first kappa shape index (κ1) is 16.8. The largest absolute Gasteiger partial charge is 0.499 e. The van der Waals surface area contributed by atoms with Gasteiger partial charge in [0.15, 0.2) is 0 Å². The van der Waals surface area contributed by atoms with Crippen LogP contribution in [0.25, 0.3) is 0 Å². The van der Waals surface area contributed by atoms with Gasteiger partial charge >= 0.3 is 0 Å². The molecule has 2 unspecified atom stereocenters. The van der Waals surface area contributed by atoms with Crippen molar-refractivity contribution in [2.45, 2.75) is 59.7 Å². The molecule has 0 spiro atoms. The first-order valence-electron chi connectivity index (χ1n) is 6.25. The molecule has 17 heavy (non-hydrogen) atoms. The molecule has 2 nitrogen and oxygen atoms in total. The number of ether oxygens (including phenoxy) is 1. The summed E-state index contributed by atoms with van der Waals surface area (Å²) in [5.74, 6) is 0.638. The molecule has 98 valence electrons. The molecule has 2 atom stereocenters. The monoisotopic (exact) mass is 255 g/mol. The fraction of sp³-hybridized carbons (Fsp3) is 0.846. The van der Waals surface area contributed by atoms with Crippen LogP contribution in [-0.2, 0) is 4.74 Å². The molecule has 0 saturated carbocycles. The van der Waals surface area contributed by atoms with Crippen molar-refractivity contribution in [1.82, 2.24) is 4.90 Å². The van der Waals surface area contributed by atoms with Crippen LogP contribution in [0, 0.1) is 5.41 Å². The molecular formula is C13H27BNOP. The Kier molecular flexibility index (Phi) is 6.62. The first-order chi connectivity index (χ1) is 7.61. The van der Waals surface area contributed by atoms with E-state index in [2.05, 4.69) is 62.7 Å². The van der Waals surface area contributed by atoms with E-state index in [0.29, 0.717) is 6.04 Å². The van der Waals surface area contributed by atoms with Crippen molar-refractivity contribution < 1.29 is 4.74 Å². The minimum atomic E-state index is -0.345. The molecule has 0 aromatic heterocycles. The molecule has 0 aromatic carbocycles. The van der Waals surface area contributed by atoms with Crippen molar-refractivity contribution in [2.75, 3.05) is 7.05 Å². The minimum absolute atomic E-state index is 0.0456. The average Bonchev–Trinajstić information content (AvgIpc) is 2.13. The predicted molar refractivity (Wildman–Crippen MR) is 80.0 cm³/mol. The van der Waals surface area contributed by atoms with Crippen LogP contribution in [0.1, 0.15) is 48.0 Å². The van der Waals surface area contributed by atoms with Gasteiger partial charge in [-0.05, 0) is 13.8 Å². The summed E-state index contributed by atoms with van der Waals surface area (Å²) >= 11 is 0. The Labute approximate surface area is 111 Å². The highest BCUT2D eigenvalue weighted by Gasteiger charge is 2.26. The van der Waals surface area contributed by atoms with Crippen molar-refractivity contribution in [3.8, 4) is 0 Å².